The van der Waals surface area contributed by atoms with Gasteiger partial charge in [-0.15, -0.1) is 4.91 Å². The first-order chi connectivity index (χ1) is 7.13. The second kappa shape index (κ2) is 3.62. The molecule has 0 saturated heterocycles. The third-order valence-corrected chi connectivity index (χ3v) is 2.86. The van der Waals surface area contributed by atoms with Gasteiger partial charge in [-0.1, -0.05) is 17.7 Å². The third-order valence-electron chi connectivity index (χ3n) is 2.86. The Kier molecular flexibility index (Phi) is 2.44. The second-order valence-corrected chi connectivity index (χ2v) is 4.09. The largest absolute Gasteiger partial charge is 0.388 e. The highest BCUT2D eigenvalue weighted by Crippen LogP contribution is 2.37. The van der Waals surface area contributed by atoms with Gasteiger partial charge in [0.1, 0.15) is 0 Å². The number of rotatable bonds is 1. The summed E-state index contributed by atoms with van der Waals surface area (Å²) in [5, 5.41) is 14.3. The number of hydrogen-bond acceptors (Lipinski definition) is 3. The lowest BCUT2D eigenvalue weighted by Crippen LogP contribution is -2.34. The summed E-state index contributed by atoms with van der Waals surface area (Å²) in [7, 11) is 0. The van der Waals surface area contributed by atoms with Gasteiger partial charge in [-0.25, -0.2) is 5.01 Å². The topological polar surface area (TPSA) is 52.9 Å². The van der Waals surface area contributed by atoms with Gasteiger partial charge in [0.05, 0.1) is 23.1 Å². The number of nitroso groups, excluding NO2 is 1. The van der Waals surface area contributed by atoms with E-state index in [1.54, 1.807) is 0 Å². The van der Waals surface area contributed by atoms with Crippen molar-refractivity contribution in [3.63, 3.8) is 0 Å². The number of aliphatic hydroxyl groups is 1. The van der Waals surface area contributed by atoms with Crippen molar-refractivity contribution in [2.75, 3.05) is 5.01 Å². The zero-order valence-electron chi connectivity index (χ0n) is 8.84. The molecule has 2 atom stereocenters. The average Bonchev–Trinajstić information content (AvgIpc) is 2.19. The van der Waals surface area contributed by atoms with Gasteiger partial charge in [0.15, 0.2) is 0 Å². The Bertz CT molecular complexity index is 392. The molecule has 0 aliphatic carbocycles. The van der Waals surface area contributed by atoms with E-state index in [0.29, 0.717) is 6.42 Å². The number of aryl methyl sites for hydroxylation is 1. The van der Waals surface area contributed by atoms with Crippen LogP contribution >= 0.6 is 0 Å². The second-order valence-electron chi connectivity index (χ2n) is 4.09. The molecule has 1 N–H and O–H groups in total. The van der Waals surface area contributed by atoms with E-state index < -0.39 is 6.10 Å². The fourth-order valence-electron chi connectivity index (χ4n) is 2.06. The summed E-state index contributed by atoms with van der Waals surface area (Å²) in [6.45, 7) is 3.84. The molecule has 0 saturated carbocycles. The molecule has 1 heterocycles. The molecule has 0 spiro atoms. The molecule has 0 unspecified atom stereocenters. The van der Waals surface area contributed by atoms with Crippen LogP contribution in [0.25, 0.3) is 0 Å². The highest BCUT2D eigenvalue weighted by atomic mass is 16.3. The number of benzene rings is 1. The first-order valence-electron chi connectivity index (χ1n) is 5.04. The van der Waals surface area contributed by atoms with Crippen molar-refractivity contribution in [3.05, 3.63) is 34.2 Å². The molecule has 4 nitrogen and oxygen atoms in total. The van der Waals surface area contributed by atoms with Gasteiger partial charge in [-0.3, -0.25) is 0 Å². The maximum atomic E-state index is 10.7. The molecular formula is C11H14N2O2. The molecule has 1 aromatic rings. The van der Waals surface area contributed by atoms with Gasteiger partial charge in [0.2, 0.25) is 0 Å². The first-order valence-corrected chi connectivity index (χ1v) is 5.04. The number of nitrogens with zero attached hydrogens (tertiary/aromatic N) is 2. The molecule has 4 heteroatoms. The summed E-state index contributed by atoms with van der Waals surface area (Å²) in [6.07, 6.45) is 0.0512. The minimum Gasteiger partial charge on any atom is -0.388 e. The first kappa shape index (κ1) is 10.1. The van der Waals surface area contributed by atoms with Gasteiger partial charge in [0.25, 0.3) is 0 Å². The molecule has 0 aromatic heterocycles. The minimum atomic E-state index is -0.493. The van der Waals surface area contributed by atoms with E-state index in [-0.39, 0.29) is 6.04 Å². The fourth-order valence-corrected chi connectivity index (χ4v) is 2.06. The van der Waals surface area contributed by atoms with Crippen LogP contribution in [0, 0.1) is 11.8 Å². The smallest absolute Gasteiger partial charge is 0.0831 e. The predicted octanol–water partition coefficient (Wildman–Crippen LogP) is 2.31. The Morgan fingerprint density at radius 3 is 2.93 bits per heavy atom. The zero-order valence-corrected chi connectivity index (χ0v) is 8.84. The quantitative estimate of drug-likeness (QED) is 0.717. The monoisotopic (exact) mass is 206 g/mol. The molecule has 0 bridgehead atoms. The number of hydrogen-bond donors (Lipinski definition) is 1. The molecule has 0 fully saturated rings. The number of anilines is 1. The van der Waals surface area contributed by atoms with Gasteiger partial charge in [-0.05, 0) is 26.3 Å². The van der Waals surface area contributed by atoms with Crippen LogP contribution in [-0.2, 0) is 0 Å². The van der Waals surface area contributed by atoms with Crippen molar-refractivity contribution in [1.29, 1.82) is 0 Å². The summed E-state index contributed by atoms with van der Waals surface area (Å²) in [5.74, 6) is 0. The molecule has 15 heavy (non-hydrogen) atoms. The summed E-state index contributed by atoms with van der Waals surface area (Å²) in [5.41, 5.74) is 2.60. The Morgan fingerprint density at radius 2 is 2.27 bits per heavy atom. The number of aliphatic hydroxyl groups excluding tert-OH is 1. The summed E-state index contributed by atoms with van der Waals surface area (Å²) in [6, 6.07) is 5.62. The average molecular weight is 206 g/mol. The number of fused-ring (bicyclic) bond motifs is 1. The zero-order chi connectivity index (χ0) is 11.0. The van der Waals surface area contributed by atoms with Gasteiger partial charge in [0, 0.05) is 5.56 Å². The molecule has 0 radical (unpaired) electrons. The standard InChI is InChI=1S/C11H14N2O2/c1-7-3-4-10-9(5-7)11(14)6-8(2)13(10)12-15/h3-5,8,11,14H,6H2,1-2H3/t8-,11+/m0/s1. The third kappa shape index (κ3) is 1.61. The van der Waals surface area contributed by atoms with Gasteiger partial charge in [-0.2, -0.15) is 0 Å². The van der Waals surface area contributed by atoms with E-state index in [2.05, 4.69) is 5.29 Å². The van der Waals surface area contributed by atoms with Crippen molar-refractivity contribution >= 4 is 5.69 Å². The Labute approximate surface area is 88.5 Å². The lowest BCUT2D eigenvalue weighted by atomic mass is 9.94. The van der Waals surface area contributed by atoms with E-state index >= 15 is 0 Å². The SMILES string of the molecule is Cc1ccc2c(c1)[C@H](O)C[C@H](C)N2N=O. The van der Waals surface area contributed by atoms with Crippen LogP contribution < -0.4 is 5.01 Å². The lowest BCUT2D eigenvalue weighted by molar-refractivity contribution is 0.151. The van der Waals surface area contributed by atoms with Crippen molar-refractivity contribution in [2.45, 2.75) is 32.4 Å². The molecule has 1 aromatic carbocycles. The molecule has 0 amide bonds. The predicted molar refractivity (Wildman–Crippen MR) is 58.5 cm³/mol. The van der Waals surface area contributed by atoms with Crippen molar-refractivity contribution < 1.29 is 5.11 Å². The van der Waals surface area contributed by atoms with Crippen LogP contribution in [-0.4, -0.2) is 11.1 Å². The van der Waals surface area contributed by atoms with E-state index in [0.717, 1.165) is 16.8 Å². The Hall–Kier alpha value is -1.42. The van der Waals surface area contributed by atoms with Crippen LogP contribution in [0.5, 0.6) is 0 Å². The van der Waals surface area contributed by atoms with Crippen LogP contribution in [0.1, 0.15) is 30.6 Å². The van der Waals surface area contributed by atoms with Gasteiger partial charge < -0.3 is 5.11 Å². The van der Waals surface area contributed by atoms with E-state index in [1.165, 1.54) is 5.01 Å². The lowest BCUT2D eigenvalue weighted by Gasteiger charge is -2.33. The normalized spacial score (nSPS) is 24.9. The highest BCUT2D eigenvalue weighted by Gasteiger charge is 2.29. The van der Waals surface area contributed by atoms with Gasteiger partial charge >= 0.3 is 0 Å². The van der Waals surface area contributed by atoms with Crippen LogP contribution in [0.4, 0.5) is 5.69 Å². The minimum absolute atomic E-state index is 0.0484. The summed E-state index contributed by atoms with van der Waals surface area (Å²) < 4.78 is 0. The Balaban J connectivity index is 2.53. The molecule has 80 valence electrons. The maximum absolute atomic E-state index is 10.7. The van der Waals surface area contributed by atoms with Crippen LogP contribution in [0.3, 0.4) is 0 Å². The van der Waals surface area contributed by atoms with Crippen LogP contribution in [0.15, 0.2) is 23.5 Å². The van der Waals surface area contributed by atoms with Crippen molar-refractivity contribution in [3.8, 4) is 0 Å². The Morgan fingerprint density at radius 1 is 1.53 bits per heavy atom. The van der Waals surface area contributed by atoms with Crippen molar-refractivity contribution in [2.24, 2.45) is 5.29 Å². The van der Waals surface area contributed by atoms with Crippen molar-refractivity contribution in [1.82, 2.24) is 0 Å². The van der Waals surface area contributed by atoms with Crippen LogP contribution in [0.2, 0.25) is 0 Å². The maximum Gasteiger partial charge on any atom is 0.0831 e. The van der Waals surface area contributed by atoms with E-state index in [9.17, 15) is 10.0 Å². The molecule has 1 aliphatic rings. The molecule has 2 rings (SSSR count). The molecule has 1 aliphatic heterocycles. The molecular weight excluding hydrogens is 192 g/mol. The fraction of sp³-hybridized carbons (Fsp3) is 0.455. The summed E-state index contributed by atoms with van der Waals surface area (Å²) in [4.78, 5) is 10.7. The van der Waals surface area contributed by atoms with E-state index in [1.807, 2.05) is 32.0 Å². The summed E-state index contributed by atoms with van der Waals surface area (Å²) >= 11 is 0. The van der Waals surface area contributed by atoms with E-state index in [4.69, 9.17) is 0 Å². The highest BCUT2D eigenvalue weighted by molar-refractivity contribution is 5.57.